The fraction of sp³-hybridized carbons (Fsp3) is 0.462. The monoisotopic (exact) mass is 288 g/mol. The van der Waals surface area contributed by atoms with Gasteiger partial charge in [-0.2, -0.15) is 8.78 Å². The molecule has 0 aliphatic carbocycles. The Morgan fingerprint density at radius 3 is 2.70 bits per heavy atom. The molecule has 0 heterocycles. The van der Waals surface area contributed by atoms with Crippen LogP contribution in [0.25, 0.3) is 0 Å². The Morgan fingerprint density at radius 2 is 2.15 bits per heavy atom. The van der Waals surface area contributed by atoms with Crippen LogP contribution in [0.5, 0.6) is 11.5 Å². The summed E-state index contributed by atoms with van der Waals surface area (Å²) in [5.74, 6) is -0.246. The van der Waals surface area contributed by atoms with Gasteiger partial charge in [-0.15, -0.1) is 0 Å². The highest BCUT2D eigenvalue weighted by molar-refractivity contribution is 5.81. The predicted octanol–water partition coefficient (Wildman–Crippen LogP) is 1.65. The SMILES string of the molecule is CCOc1cccc(CNC(=O)[C@H](C)N)c1OC(F)F. The first-order chi connectivity index (χ1) is 9.45. The van der Waals surface area contributed by atoms with E-state index in [1.807, 2.05) is 0 Å². The van der Waals surface area contributed by atoms with Crippen molar-refractivity contribution in [2.45, 2.75) is 33.0 Å². The first-order valence-corrected chi connectivity index (χ1v) is 6.18. The van der Waals surface area contributed by atoms with E-state index < -0.39 is 12.7 Å². The van der Waals surface area contributed by atoms with Crippen molar-refractivity contribution in [3.8, 4) is 11.5 Å². The topological polar surface area (TPSA) is 73.6 Å². The number of nitrogens with one attached hydrogen (secondary N) is 1. The number of rotatable bonds is 7. The highest BCUT2D eigenvalue weighted by atomic mass is 19.3. The van der Waals surface area contributed by atoms with E-state index in [-0.39, 0.29) is 24.0 Å². The third kappa shape index (κ3) is 4.65. The van der Waals surface area contributed by atoms with Gasteiger partial charge in [0.2, 0.25) is 5.91 Å². The molecule has 20 heavy (non-hydrogen) atoms. The quantitative estimate of drug-likeness (QED) is 0.800. The summed E-state index contributed by atoms with van der Waals surface area (Å²) in [7, 11) is 0. The van der Waals surface area contributed by atoms with Crippen LogP contribution in [0.3, 0.4) is 0 Å². The van der Waals surface area contributed by atoms with Crippen molar-refractivity contribution in [3.05, 3.63) is 23.8 Å². The van der Waals surface area contributed by atoms with Crippen LogP contribution in [0, 0.1) is 0 Å². The van der Waals surface area contributed by atoms with Gasteiger partial charge in [0.1, 0.15) is 0 Å². The van der Waals surface area contributed by atoms with Gasteiger partial charge in [0, 0.05) is 12.1 Å². The second-order valence-corrected chi connectivity index (χ2v) is 4.06. The summed E-state index contributed by atoms with van der Waals surface area (Å²) in [4.78, 5) is 11.4. The Hall–Kier alpha value is -1.89. The van der Waals surface area contributed by atoms with Crippen molar-refractivity contribution in [2.24, 2.45) is 5.73 Å². The first kappa shape index (κ1) is 16.2. The smallest absolute Gasteiger partial charge is 0.387 e. The fourth-order valence-electron chi connectivity index (χ4n) is 1.54. The van der Waals surface area contributed by atoms with Crippen LogP contribution in [0.4, 0.5) is 8.78 Å². The second-order valence-electron chi connectivity index (χ2n) is 4.06. The number of alkyl halides is 2. The number of para-hydroxylation sites is 1. The molecule has 0 unspecified atom stereocenters. The summed E-state index contributed by atoms with van der Waals surface area (Å²) in [6.45, 7) is 0.636. The van der Waals surface area contributed by atoms with Gasteiger partial charge in [-0.3, -0.25) is 4.79 Å². The van der Waals surface area contributed by atoms with E-state index in [0.717, 1.165) is 0 Å². The number of amides is 1. The number of carbonyl (C=O) groups is 1. The minimum atomic E-state index is -2.97. The van der Waals surface area contributed by atoms with E-state index >= 15 is 0 Å². The summed E-state index contributed by atoms with van der Waals surface area (Å²) < 4.78 is 34.6. The van der Waals surface area contributed by atoms with Crippen LogP contribution in [0.2, 0.25) is 0 Å². The molecule has 0 saturated heterocycles. The molecule has 0 saturated carbocycles. The molecule has 1 aromatic carbocycles. The molecule has 0 fully saturated rings. The molecular weight excluding hydrogens is 270 g/mol. The molecule has 0 bridgehead atoms. The summed E-state index contributed by atoms with van der Waals surface area (Å²) in [6, 6.07) is 4.06. The molecule has 1 amide bonds. The van der Waals surface area contributed by atoms with E-state index in [4.69, 9.17) is 10.5 Å². The Labute approximate surface area is 116 Å². The van der Waals surface area contributed by atoms with Gasteiger partial charge in [-0.25, -0.2) is 0 Å². The van der Waals surface area contributed by atoms with Gasteiger partial charge in [-0.05, 0) is 19.9 Å². The molecule has 0 radical (unpaired) electrons. The van der Waals surface area contributed by atoms with Gasteiger partial charge in [0.05, 0.1) is 12.6 Å². The highest BCUT2D eigenvalue weighted by Gasteiger charge is 2.16. The summed E-state index contributed by atoms with van der Waals surface area (Å²) in [6.07, 6.45) is 0. The Balaban J connectivity index is 2.92. The number of ether oxygens (including phenoxy) is 2. The van der Waals surface area contributed by atoms with Crippen molar-refractivity contribution < 1.29 is 23.0 Å². The minimum Gasteiger partial charge on any atom is -0.490 e. The van der Waals surface area contributed by atoms with E-state index in [1.165, 1.54) is 13.0 Å². The van der Waals surface area contributed by atoms with E-state index in [9.17, 15) is 13.6 Å². The molecule has 5 nitrogen and oxygen atoms in total. The Kier molecular flexibility index (Phi) is 6.17. The van der Waals surface area contributed by atoms with Crippen LogP contribution in [0.1, 0.15) is 19.4 Å². The van der Waals surface area contributed by atoms with Gasteiger partial charge >= 0.3 is 6.61 Å². The molecule has 0 aliphatic rings. The number of carbonyl (C=O) groups excluding carboxylic acids is 1. The van der Waals surface area contributed by atoms with Crippen LogP contribution < -0.4 is 20.5 Å². The molecule has 0 aliphatic heterocycles. The molecule has 1 rings (SSSR count). The molecule has 3 N–H and O–H groups in total. The number of hydrogen-bond donors (Lipinski definition) is 2. The van der Waals surface area contributed by atoms with Crippen LogP contribution in [0.15, 0.2) is 18.2 Å². The summed E-state index contributed by atoms with van der Waals surface area (Å²) in [5, 5.41) is 2.54. The van der Waals surface area contributed by atoms with Crippen molar-refractivity contribution in [1.82, 2.24) is 5.32 Å². The Bertz CT molecular complexity index is 453. The molecule has 7 heteroatoms. The van der Waals surface area contributed by atoms with Gasteiger partial charge in [-0.1, -0.05) is 12.1 Å². The highest BCUT2D eigenvalue weighted by Crippen LogP contribution is 2.32. The lowest BCUT2D eigenvalue weighted by Gasteiger charge is -2.16. The van der Waals surface area contributed by atoms with E-state index in [0.29, 0.717) is 12.2 Å². The second kappa shape index (κ2) is 7.64. The average Bonchev–Trinajstić information content (AvgIpc) is 2.38. The van der Waals surface area contributed by atoms with Crippen LogP contribution >= 0.6 is 0 Å². The van der Waals surface area contributed by atoms with Gasteiger partial charge in [0.25, 0.3) is 0 Å². The largest absolute Gasteiger partial charge is 0.490 e. The maximum absolute atomic E-state index is 12.5. The zero-order valence-corrected chi connectivity index (χ0v) is 11.4. The molecule has 112 valence electrons. The van der Waals surface area contributed by atoms with Gasteiger partial charge in [0.15, 0.2) is 11.5 Å². The standard InChI is InChI=1S/C13H18F2N2O3/c1-3-19-10-6-4-5-9(11(10)20-13(14)15)7-17-12(18)8(2)16/h4-6,8,13H,3,7,16H2,1-2H3,(H,17,18)/t8-/m0/s1. The fourth-order valence-corrected chi connectivity index (χ4v) is 1.54. The lowest BCUT2D eigenvalue weighted by atomic mass is 10.1. The molecule has 0 spiro atoms. The first-order valence-electron chi connectivity index (χ1n) is 6.18. The number of benzene rings is 1. The van der Waals surface area contributed by atoms with Crippen molar-refractivity contribution in [2.75, 3.05) is 6.61 Å². The van der Waals surface area contributed by atoms with Crippen molar-refractivity contribution in [1.29, 1.82) is 0 Å². The summed E-state index contributed by atoms with van der Waals surface area (Å²) >= 11 is 0. The summed E-state index contributed by atoms with van der Waals surface area (Å²) in [5.41, 5.74) is 5.80. The molecule has 1 atom stereocenters. The number of halogens is 2. The zero-order chi connectivity index (χ0) is 15.1. The third-order valence-corrected chi connectivity index (χ3v) is 2.43. The minimum absolute atomic E-state index is 0.0311. The lowest BCUT2D eigenvalue weighted by molar-refractivity contribution is -0.122. The third-order valence-electron chi connectivity index (χ3n) is 2.43. The molecule has 1 aromatic rings. The van der Waals surface area contributed by atoms with Gasteiger partial charge < -0.3 is 20.5 Å². The van der Waals surface area contributed by atoms with Crippen LogP contribution in [-0.2, 0) is 11.3 Å². The normalized spacial score (nSPS) is 12.1. The predicted molar refractivity (Wildman–Crippen MR) is 69.7 cm³/mol. The molecule has 0 aromatic heterocycles. The van der Waals surface area contributed by atoms with Crippen LogP contribution in [-0.4, -0.2) is 25.2 Å². The van der Waals surface area contributed by atoms with Crippen molar-refractivity contribution >= 4 is 5.91 Å². The maximum atomic E-state index is 12.5. The zero-order valence-electron chi connectivity index (χ0n) is 11.4. The lowest BCUT2D eigenvalue weighted by Crippen LogP contribution is -2.37. The number of nitrogens with two attached hydrogens (primary N) is 1. The maximum Gasteiger partial charge on any atom is 0.387 e. The Morgan fingerprint density at radius 1 is 1.45 bits per heavy atom. The number of hydrogen-bond acceptors (Lipinski definition) is 4. The molecular formula is C13H18F2N2O3. The van der Waals surface area contributed by atoms with E-state index in [2.05, 4.69) is 10.1 Å². The van der Waals surface area contributed by atoms with Crippen molar-refractivity contribution in [3.63, 3.8) is 0 Å². The van der Waals surface area contributed by atoms with E-state index in [1.54, 1.807) is 19.1 Å². The average molecular weight is 288 g/mol.